The number of carbonyl (C=O) groups excluding carboxylic acids is 1. The minimum atomic E-state index is -0.397. The Bertz CT molecular complexity index is 557. The Morgan fingerprint density at radius 1 is 1.48 bits per heavy atom. The van der Waals surface area contributed by atoms with Crippen LogP contribution in [0.4, 0.5) is 17.1 Å². The molecule has 1 aromatic rings. The van der Waals surface area contributed by atoms with Gasteiger partial charge >= 0.3 is 0 Å². The molecule has 1 heterocycles. The SMILES string of the molecule is CCCCN(C(C)=O)c1c([N+](=O)[O-])ccc2c1CCCN2. The molecule has 0 radical (unpaired) electrons. The second-order valence-corrected chi connectivity index (χ2v) is 5.27. The Morgan fingerprint density at radius 2 is 2.24 bits per heavy atom. The summed E-state index contributed by atoms with van der Waals surface area (Å²) < 4.78 is 0. The van der Waals surface area contributed by atoms with Gasteiger partial charge < -0.3 is 10.2 Å². The minimum absolute atomic E-state index is 0.0174. The minimum Gasteiger partial charge on any atom is -0.385 e. The van der Waals surface area contributed by atoms with Crippen LogP contribution in [0.25, 0.3) is 0 Å². The molecule has 0 saturated carbocycles. The van der Waals surface area contributed by atoms with Gasteiger partial charge in [-0.3, -0.25) is 14.9 Å². The third-order valence-corrected chi connectivity index (χ3v) is 3.76. The summed E-state index contributed by atoms with van der Waals surface area (Å²) in [5.41, 5.74) is 2.29. The summed E-state index contributed by atoms with van der Waals surface area (Å²) in [5.74, 6) is -0.148. The molecular formula is C15H21N3O3. The average molecular weight is 291 g/mol. The first kappa shape index (κ1) is 15.3. The summed E-state index contributed by atoms with van der Waals surface area (Å²) in [4.78, 5) is 24.5. The molecule has 0 unspecified atom stereocenters. The molecule has 2 rings (SSSR count). The molecule has 0 spiro atoms. The Kier molecular flexibility index (Phi) is 4.77. The summed E-state index contributed by atoms with van der Waals surface area (Å²) in [5, 5.41) is 14.6. The molecule has 0 atom stereocenters. The molecule has 0 bridgehead atoms. The van der Waals surface area contributed by atoms with E-state index in [1.165, 1.54) is 13.0 Å². The van der Waals surface area contributed by atoms with Crippen molar-refractivity contribution in [3.8, 4) is 0 Å². The van der Waals surface area contributed by atoms with Crippen LogP contribution in [-0.4, -0.2) is 23.9 Å². The van der Waals surface area contributed by atoms with Crippen molar-refractivity contribution in [2.24, 2.45) is 0 Å². The number of nitrogens with one attached hydrogen (secondary N) is 1. The van der Waals surface area contributed by atoms with E-state index in [4.69, 9.17) is 0 Å². The predicted molar refractivity (Wildman–Crippen MR) is 82.8 cm³/mol. The number of nitro groups is 1. The highest BCUT2D eigenvalue weighted by molar-refractivity contribution is 5.96. The lowest BCUT2D eigenvalue weighted by Gasteiger charge is -2.27. The van der Waals surface area contributed by atoms with E-state index in [-0.39, 0.29) is 11.6 Å². The second-order valence-electron chi connectivity index (χ2n) is 5.27. The largest absolute Gasteiger partial charge is 0.385 e. The van der Waals surface area contributed by atoms with Gasteiger partial charge in [0.25, 0.3) is 5.69 Å². The number of nitrogens with zero attached hydrogens (tertiary/aromatic N) is 2. The maximum absolute atomic E-state index is 12.0. The summed E-state index contributed by atoms with van der Waals surface area (Å²) in [6, 6.07) is 3.24. The van der Waals surface area contributed by atoms with E-state index in [1.807, 2.05) is 6.92 Å². The monoisotopic (exact) mass is 291 g/mol. The van der Waals surface area contributed by atoms with Crippen LogP contribution in [0.2, 0.25) is 0 Å². The van der Waals surface area contributed by atoms with Gasteiger partial charge in [-0.05, 0) is 25.3 Å². The van der Waals surface area contributed by atoms with Gasteiger partial charge in [0.2, 0.25) is 5.91 Å². The number of hydrogen-bond acceptors (Lipinski definition) is 4. The normalized spacial score (nSPS) is 13.2. The first-order chi connectivity index (χ1) is 10.1. The fourth-order valence-corrected chi connectivity index (χ4v) is 2.72. The van der Waals surface area contributed by atoms with Gasteiger partial charge in [-0.15, -0.1) is 0 Å². The zero-order valence-corrected chi connectivity index (χ0v) is 12.5. The van der Waals surface area contributed by atoms with Crippen LogP contribution < -0.4 is 10.2 Å². The van der Waals surface area contributed by atoms with Gasteiger partial charge in [0, 0.05) is 37.3 Å². The molecule has 1 N–H and O–H groups in total. The Balaban J connectivity index is 2.56. The predicted octanol–water partition coefficient (Wildman–Crippen LogP) is 3.11. The molecule has 21 heavy (non-hydrogen) atoms. The molecule has 0 aliphatic carbocycles. The summed E-state index contributed by atoms with van der Waals surface area (Å²) in [6.07, 6.45) is 3.44. The van der Waals surface area contributed by atoms with E-state index in [2.05, 4.69) is 5.32 Å². The fourth-order valence-electron chi connectivity index (χ4n) is 2.72. The van der Waals surface area contributed by atoms with Crippen molar-refractivity contribution in [2.45, 2.75) is 39.5 Å². The van der Waals surface area contributed by atoms with E-state index in [1.54, 1.807) is 11.0 Å². The third-order valence-electron chi connectivity index (χ3n) is 3.76. The van der Waals surface area contributed by atoms with E-state index in [0.717, 1.165) is 43.5 Å². The number of amides is 1. The maximum Gasteiger partial charge on any atom is 0.293 e. The number of anilines is 2. The van der Waals surface area contributed by atoms with Crippen LogP contribution in [-0.2, 0) is 11.2 Å². The molecule has 1 aromatic carbocycles. The molecule has 0 aromatic heterocycles. The van der Waals surface area contributed by atoms with Crippen molar-refractivity contribution >= 4 is 23.0 Å². The zero-order chi connectivity index (χ0) is 15.4. The van der Waals surface area contributed by atoms with Crippen molar-refractivity contribution in [2.75, 3.05) is 23.3 Å². The van der Waals surface area contributed by atoms with E-state index in [9.17, 15) is 14.9 Å². The number of fused-ring (bicyclic) bond motifs is 1. The first-order valence-corrected chi connectivity index (χ1v) is 7.38. The van der Waals surface area contributed by atoms with Crippen LogP contribution in [0, 0.1) is 10.1 Å². The number of benzene rings is 1. The lowest BCUT2D eigenvalue weighted by Crippen LogP contribution is -2.32. The van der Waals surface area contributed by atoms with Crippen molar-refractivity contribution in [3.63, 3.8) is 0 Å². The van der Waals surface area contributed by atoms with Gasteiger partial charge in [0.15, 0.2) is 0 Å². The van der Waals surface area contributed by atoms with Crippen molar-refractivity contribution in [1.29, 1.82) is 0 Å². The van der Waals surface area contributed by atoms with Crippen LogP contribution in [0.5, 0.6) is 0 Å². The molecule has 1 aliphatic rings. The standard InChI is InChI=1S/C15H21N3O3/c1-3-4-10-17(11(2)19)15-12-6-5-9-16-13(12)7-8-14(15)18(20)21/h7-8,16H,3-6,9-10H2,1-2H3. The van der Waals surface area contributed by atoms with Gasteiger partial charge in [-0.25, -0.2) is 0 Å². The highest BCUT2D eigenvalue weighted by Crippen LogP contribution is 2.39. The van der Waals surface area contributed by atoms with Gasteiger partial charge in [0.1, 0.15) is 5.69 Å². The average Bonchev–Trinajstić information content (AvgIpc) is 2.47. The number of rotatable bonds is 5. The Morgan fingerprint density at radius 3 is 2.86 bits per heavy atom. The smallest absolute Gasteiger partial charge is 0.293 e. The number of unbranched alkanes of at least 4 members (excludes halogenated alkanes) is 1. The highest BCUT2D eigenvalue weighted by Gasteiger charge is 2.28. The van der Waals surface area contributed by atoms with Crippen LogP contribution in [0.3, 0.4) is 0 Å². The van der Waals surface area contributed by atoms with Gasteiger partial charge in [-0.1, -0.05) is 13.3 Å². The Labute approximate surface area is 124 Å². The van der Waals surface area contributed by atoms with Crippen LogP contribution >= 0.6 is 0 Å². The molecule has 0 fully saturated rings. The van der Waals surface area contributed by atoms with Crippen molar-refractivity contribution < 1.29 is 9.72 Å². The topological polar surface area (TPSA) is 75.5 Å². The molecule has 6 nitrogen and oxygen atoms in total. The number of nitro benzene ring substituents is 1. The van der Waals surface area contributed by atoms with Crippen LogP contribution in [0.1, 0.15) is 38.7 Å². The molecular weight excluding hydrogens is 270 g/mol. The van der Waals surface area contributed by atoms with Gasteiger partial charge in [-0.2, -0.15) is 0 Å². The van der Waals surface area contributed by atoms with Crippen LogP contribution in [0.15, 0.2) is 12.1 Å². The number of hydrogen-bond donors (Lipinski definition) is 1. The molecule has 0 saturated heterocycles. The van der Waals surface area contributed by atoms with Gasteiger partial charge in [0.05, 0.1) is 4.92 Å². The van der Waals surface area contributed by atoms with E-state index >= 15 is 0 Å². The lowest BCUT2D eigenvalue weighted by atomic mass is 9.99. The quantitative estimate of drug-likeness (QED) is 0.668. The summed E-state index contributed by atoms with van der Waals surface area (Å²) in [7, 11) is 0. The van der Waals surface area contributed by atoms with E-state index in [0.29, 0.717) is 12.2 Å². The molecule has 6 heteroatoms. The molecule has 1 amide bonds. The maximum atomic E-state index is 12.0. The van der Waals surface area contributed by atoms with Crippen molar-refractivity contribution in [1.82, 2.24) is 0 Å². The summed E-state index contributed by atoms with van der Waals surface area (Å²) >= 11 is 0. The molecule has 1 aliphatic heterocycles. The molecule has 114 valence electrons. The highest BCUT2D eigenvalue weighted by atomic mass is 16.6. The zero-order valence-electron chi connectivity index (χ0n) is 12.5. The Hall–Kier alpha value is -2.11. The third kappa shape index (κ3) is 3.15. The van der Waals surface area contributed by atoms with Crippen molar-refractivity contribution in [3.05, 3.63) is 27.8 Å². The second kappa shape index (κ2) is 6.56. The van der Waals surface area contributed by atoms with E-state index < -0.39 is 4.92 Å². The first-order valence-electron chi connectivity index (χ1n) is 7.38. The number of carbonyl (C=O) groups is 1. The fraction of sp³-hybridized carbons (Fsp3) is 0.533. The lowest BCUT2D eigenvalue weighted by molar-refractivity contribution is -0.384. The summed E-state index contributed by atoms with van der Waals surface area (Å²) in [6.45, 7) is 4.88.